The largest absolute Gasteiger partial charge is 0.458 e. The van der Waals surface area contributed by atoms with E-state index in [0.29, 0.717) is 0 Å². The first-order chi connectivity index (χ1) is 8.65. The molecule has 0 spiro atoms. The molecule has 0 saturated carbocycles. The van der Waals surface area contributed by atoms with Crippen molar-refractivity contribution in [3.63, 3.8) is 0 Å². The zero-order valence-corrected chi connectivity index (χ0v) is 11.6. The van der Waals surface area contributed by atoms with Crippen LogP contribution >= 0.6 is 0 Å². The topological polar surface area (TPSA) is 109 Å². The Morgan fingerprint density at radius 3 is 2.37 bits per heavy atom. The molecule has 0 bridgehead atoms. The summed E-state index contributed by atoms with van der Waals surface area (Å²) in [5.74, 6) is -1.43. The molecule has 19 heavy (non-hydrogen) atoms. The molecule has 106 valence electrons. The Hall–Kier alpha value is -2.01. The Morgan fingerprint density at radius 2 is 1.95 bits per heavy atom. The van der Waals surface area contributed by atoms with Gasteiger partial charge in [-0.2, -0.15) is 4.79 Å². The third-order valence-electron chi connectivity index (χ3n) is 1.95. The lowest BCUT2D eigenvalue weighted by atomic mass is 10.1. The van der Waals surface area contributed by atoms with E-state index in [9.17, 15) is 14.4 Å². The van der Waals surface area contributed by atoms with Gasteiger partial charge in [-0.1, -0.05) is 0 Å². The molecule has 0 radical (unpaired) electrons. The monoisotopic (exact) mass is 269 g/mol. The number of hydrogen-bond donors (Lipinski definition) is 1. The van der Waals surface area contributed by atoms with Crippen molar-refractivity contribution in [2.45, 2.75) is 52.2 Å². The van der Waals surface area contributed by atoms with E-state index in [1.807, 2.05) is 0 Å². The Morgan fingerprint density at radius 1 is 1.37 bits per heavy atom. The van der Waals surface area contributed by atoms with Crippen LogP contribution in [0.2, 0.25) is 0 Å². The summed E-state index contributed by atoms with van der Waals surface area (Å²) in [6.45, 7) is 6.40. The predicted octanol–water partition coefficient (Wildman–Crippen LogP) is 0.483. The zero-order valence-electron chi connectivity index (χ0n) is 11.6. The molecule has 1 amide bonds. The molecule has 7 nitrogen and oxygen atoms in total. The minimum absolute atomic E-state index is 0.0335. The quantitative estimate of drug-likeness (QED) is 0.327. The number of amides is 1. The lowest BCUT2D eigenvalue weighted by molar-refractivity contribution is -0.158. The van der Waals surface area contributed by atoms with E-state index in [4.69, 9.17) is 10.3 Å². The van der Waals surface area contributed by atoms with Crippen molar-refractivity contribution in [2.75, 3.05) is 0 Å². The van der Waals surface area contributed by atoms with Crippen LogP contribution in [0.5, 0.6) is 0 Å². The maximum Gasteiger partial charge on any atom is 0.329 e. The highest BCUT2D eigenvalue weighted by molar-refractivity contribution is 6.25. The highest BCUT2D eigenvalue weighted by Gasteiger charge is 2.26. The third kappa shape index (κ3) is 8.68. The Kier molecular flexibility index (Phi) is 6.64. The molecule has 1 atom stereocenters. The SMILES string of the molecule is CC(=O)N[C@@H](CCC(=O)C=[N+]=[N-])C(=O)OC(C)(C)C. The van der Waals surface area contributed by atoms with Gasteiger partial charge < -0.3 is 15.6 Å². The summed E-state index contributed by atoms with van der Waals surface area (Å²) < 4.78 is 5.15. The first-order valence-electron chi connectivity index (χ1n) is 5.86. The summed E-state index contributed by atoms with van der Waals surface area (Å²) in [5.41, 5.74) is 7.52. The molecule has 0 aliphatic heterocycles. The molecule has 0 saturated heterocycles. The molecule has 0 aromatic heterocycles. The van der Waals surface area contributed by atoms with Crippen molar-refractivity contribution in [3.05, 3.63) is 5.53 Å². The summed E-state index contributed by atoms with van der Waals surface area (Å²) in [5, 5.41) is 2.43. The van der Waals surface area contributed by atoms with Crippen molar-refractivity contribution in [3.8, 4) is 0 Å². The number of esters is 1. The van der Waals surface area contributed by atoms with Gasteiger partial charge in [0.15, 0.2) is 0 Å². The van der Waals surface area contributed by atoms with E-state index in [2.05, 4.69) is 10.1 Å². The van der Waals surface area contributed by atoms with E-state index in [1.165, 1.54) is 6.92 Å². The number of nitrogens with one attached hydrogen (secondary N) is 1. The number of carbonyl (C=O) groups excluding carboxylic acids is 3. The van der Waals surface area contributed by atoms with E-state index in [-0.39, 0.29) is 18.7 Å². The van der Waals surface area contributed by atoms with E-state index < -0.39 is 23.4 Å². The molecule has 0 aliphatic carbocycles. The highest BCUT2D eigenvalue weighted by atomic mass is 16.6. The molecule has 7 heteroatoms. The first-order valence-corrected chi connectivity index (χ1v) is 5.86. The van der Waals surface area contributed by atoms with Crippen LogP contribution < -0.4 is 5.32 Å². The normalized spacial score (nSPS) is 12.0. The average molecular weight is 269 g/mol. The van der Waals surface area contributed by atoms with Crippen molar-refractivity contribution >= 4 is 23.9 Å². The third-order valence-corrected chi connectivity index (χ3v) is 1.95. The number of ether oxygens (including phenoxy) is 1. The van der Waals surface area contributed by atoms with Crippen LogP contribution in [-0.2, 0) is 19.1 Å². The van der Waals surface area contributed by atoms with Crippen molar-refractivity contribution in [1.29, 1.82) is 0 Å². The standard InChI is InChI=1S/C12H19N3O4/c1-8(16)15-10(6-5-9(17)7-14-13)11(18)19-12(2,3)4/h7,10H,5-6H2,1-4H3,(H,15,16)/t10-/m0/s1. The summed E-state index contributed by atoms with van der Waals surface area (Å²) >= 11 is 0. The van der Waals surface area contributed by atoms with Crippen LogP contribution in [0.3, 0.4) is 0 Å². The van der Waals surface area contributed by atoms with E-state index >= 15 is 0 Å². The summed E-state index contributed by atoms with van der Waals surface area (Å²) in [7, 11) is 0. The second kappa shape index (κ2) is 7.43. The van der Waals surface area contributed by atoms with Crippen LogP contribution in [0.1, 0.15) is 40.5 Å². The molecule has 0 fully saturated rings. The van der Waals surface area contributed by atoms with Gasteiger partial charge in [-0.05, 0) is 27.2 Å². The summed E-state index contributed by atoms with van der Waals surface area (Å²) in [6.07, 6.45) is 0.799. The van der Waals surface area contributed by atoms with Gasteiger partial charge in [-0.15, -0.1) is 0 Å². The molecular formula is C12H19N3O4. The number of hydrogen-bond acceptors (Lipinski definition) is 4. The molecule has 0 aromatic rings. The number of Topliss-reactive ketones (excluding diaryl/α,β-unsaturated/α-hetero) is 1. The maximum absolute atomic E-state index is 11.8. The van der Waals surface area contributed by atoms with Crippen molar-refractivity contribution in [1.82, 2.24) is 5.32 Å². The molecule has 0 aromatic carbocycles. The van der Waals surface area contributed by atoms with Crippen molar-refractivity contribution in [2.24, 2.45) is 0 Å². The number of nitrogens with zero attached hydrogens (tertiary/aromatic N) is 2. The Labute approximate surface area is 111 Å². The smallest absolute Gasteiger partial charge is 0.329 e. The lowest BCUT2D eigenvalue weighted by Crippen LogP contribution is -2.43. The molecule has 0 rings (SSSR count). The van der Waals surface area contributed by atoms with Crippen LogP contribution in [-0.4, -0.2) is 40.3 Å². The fraction of sp³-hybridized carbons (Fsp3) is 0.667. The second-order valence-electron chi connectivity index (χ2n) is 5.04. The molecule has 0 aliphatic rings. The van der Waals surface area contributed by atoms with Gasteiger partial charge in [0, 0.05) is 13.3 Å². The minimum Gasteiger partial charge on any atom is -0.458 e. The number of carbonyl (C=O) groups is 3. The molecule has 0 unspecified atom stereocenters. The van der Waals surface area contributed by atoms with Gasteiger partial charge in [0.05, 0.1) is 0 Å². The van der Waals surface area contributed by atoms with Gasteiger partial charge in [0.25, 0.3) is 0 Å². The fourth-order valence-electron chi connectivity index (χ4n) is 1.28. The second-order valence-corrected chi connectivity index (χ2v) is 5.04. The van der Waals surface area contributed by atoms with Crippen molar-refractivity contribution < 1.29 is 23.9 Å². The molecular weight excluding hydrogens is 250 g/mol. The Bertz CT molecular complexity index is 406. The fourth-order valence-corrected chi connectivity index (χ4v) is 1.28. The van der Waals surface area contributed by atoms with Crippen LogP contribution in [0, 0.1) is 0 Å². The predicted molar refractivity (Wildman–Crippen MR) is 67.4 cm³/mol. The summed E-state index contributed by atoms with van der Waals surface area (Å²) in [6, 6.07) is -0.896. The van der Waals surface area contributed by atoms with Crippen LogP contribution in [0.15, 0.2) is 0 Å². The van der Waals surface area contributed by atoms with Gasteiger partial charge in [0.2, 0.25) is 11.7 Å². The van der Waals surface area contributed by atoms with E-state index in [0.717, 1.165) is 6.21 Å². The zero-order chi connectivity index (χ0) is 15.1. The van der Waals surface area contributed by atoms with Gasteiger partial charge in [-0.3, -0.25) is 9.59 Å². The molecule has 0 heterocycles. The van der Waals surface area contributed by atoms with Gasteiger partial charge in [0.1, 0.15) is 11.6 Å². The van der Waals surface area contributed by atoms with Crippen LogP contribution in [0.25, 0.3) is 5.53 Å². The molecule has 1 N–H and O–H groups in total. The maximum atomic E-state index is 11.8. The van der Waals surface area contributed by atoms with Gasteiger partial charge in [-0.25, -0.2) is 4.79 Å². The summed E-state index contributed by atoms with van der Waals surface area (Å²) in [4.78, 5) is 36.6. The first kappa shape index (κ1) is 17.0. The number of ketones is 1. The highest BCUT2D eigenvalue weighted by Crippen LogP contribution is 2.10. The minimum atomic E-state index is -0.896. The van der Waals surface area contributed by atoms with Crippen LogP contribution in [0.4, 0.5) is 0 Å². The van der Waals surface area contributed by atoms with E-state index in [1.54, 1.807) is 20.8 Å². The van der Waals surface area contributed by atoms with Gasteiger partial charge >= 0.3 is 12.2 Å². The Balaban J connectivity index is 4.62. The lowest BCUT2D eigenvalue weighted by Gasteiger charge is -2.24. The number of rotatable bonds is 6. The average Bonchev–Trinajstić information content (AvgIpc) is 2.21.